The summed E-state index contributed by atoms with van der Waals surface area (Å²) < 4.78 is 18.0. The van der Waals surface area contributed by atoms with Crippen molar-refractivity contribution >= 4 is 27.8 Å². The number of aromatic nitrogens is 1. The predicted octanol–water partition coefficient (Wildman–Crippen LogP) is 5.10. The molecular weight excluding hydrogens is 430 g/mol. The van der Waals surface area contributed by atoms with Gasteiger partial charge in [0.2, 0.25) is 0 Å². The van der Waals surface area contributed by atoms with Crippen LogP contribution in [0.5, 0.6) is 17.2 Å². The molecule has 0 radical (unpaired) electrons. The Morgan fingerprint density at radius 2 is 1.82 bits per heavy atom. The van der Waals surface area contributed by atoms with Gasteiger partial charge < -0.3 is 24.5 Å². The van der Waals surface area contributed by atoms with Crippen molar-refractivity contribution in [2.75, 3.05) is 13.2 Å². The zero-order valence-corrected chi connectivity index (χ0v) is 19.1. The Morgan fingerprint density at radius 1 is 1.03 bits per heavy atom. The van der Waals surface area contributed by atoms with E-state index in [-0.39, 0.29) is 5.91 Å². The van der Waals surface area contributed by atoms with Gasteiger partial charge in [0.1, 0.15) is 35.2 Å². The first-order valence-electron chi connectivity index (χ1n) is 11.9. The van der Waals surface area contributed by atoms with Crippen molar-refractivity contribution in [2.24, 2.45) is 0 Å². The standard InChI is InChI=1S/C27H27N3O4/c1-16-26(27(31)30-18-4-5-18)22-9-7-20(15-25(22)33-16)34-24-10-11-29-23-14-19(6-8-21(23)24)32-13-12-28-17-2-3-17/h6-11,14-15,17-18,28H,2-5,12-13H2,1H3,(H,30,31). The van der Waals surface area contributed by atoms with Crippen LogP contribution in [-0.4, -0.2) is 36.1 Å². The molecule has 0 spiro atoms. The maximum atomic E-state index is 12.6. The minimum atomic E-state index is -0.0751. The summed E-state index contributed by atoms with van der Waals surface area (Å²) in [7, 11) is 0. The van der Waals surface area contributed by atoms with E-state index in [0.717, 1.165) is 41.4 Å². The Morgan fingerprint density at radius 3 is 2.65 bits per heavy atom. The Labute approximate surface area is 197 Å². The van der Waals surface area contributed by atoms with E-state index < -0.39 is 0 Å². The summed E-state index contributed by atoms with van der Waals surface area (Å²) in [5, 5.41) is 8.17. The van der Waals surface area contributed by atoms with E-state index in [9.17, 15) is 4.79 Å². The van der Waals surface area contributed by atoms with E-state index in [1.54, 1.807) is 6.20 Å². The number of pyridine rings is 1. The summed E-state index contributed by atoms with van der Waals surface area (Å²) in [4.78, 5) is 17.1. The topological polar surface area (TPSA) is 85.6 Å². The molecule has 2 aliphatic carbocycles. The van der Waals surface area contributed by atoms with Gasteiger partial charge in [-0.25, -0.2) is 0 Å². The van der Waals surface area contributed by atoms with Crippen molar-refractivity contribution in [3.05, 3.63) is 60.0 Å². The van der Waals surface area contributed by atoms with Crippen molar-refractivity contribution in [1.82, 2.24) is 15.6 Å². The van der Waals surface area contributed by atoms with Crippen LogP contribution in [0.25, 0.3) is 21.9 Å². The summed E-state index contributed by atoms with van der Waals surface area (Å²) in [6.07, 6.45) is 6.36. The Kier molecular flexibility index (Phi) is 5.34. The van der Waals surface area contributed by atoms with Crippen LogP contribution >= 0.6 is 0 Å². The van der Waals surface area contributed by atoms with Gasteiger partial charge in [-0.2, -0.15) is 0 Å². The van der Waals surface area contributed by atoms with Gasteiger partial charge in [0.05, 0.1) is 11.1 Å². The minimum absolute atomic E-state index is 0.0751. The molecule has 2 aromatic carbocycles. The molecule has 2 heterocycles. The molecular formula is C27H27N3O4. The van der Waals surface area contributed by atoms with E-state index in [4.69, 9.17) is 13.9 Å². The molecule has 0 unspecified atom stereocenters. The Bertz CT molecular complexity index is 1370. The van der Waals surface area contributed by atoms with E-state index in [2.05, 4.69) is 15.6 Å². The minimum Gasteiger partial charge on any atom is -0.492 e. The summed E-state index contributed by atoms with van der Waals surface area (Å²) in [5.41, 5.74) is 2.03. The lowest BCUT2D eigenvalue weighted by Crippen LogP contribution is -2.25. The molecule has 2 N–H and O–H groups in total. The molecule has 2 saturated carbocycles. The normalized spacial score (nSPS) is 15.6. The highest BCUT2D eigenvalue weighted by molar-refractivity contribution is 6.07. The van der Waals surface area contributed by atoms with Gasteiger partial charge in [-0.15, -0.1) is 0 Å². The van der Waals surface area contributed by atoms with E-state index in [0.29, 0.717) is 47.1 Å². The zero-order chi connectivity index (χ0) is 23.1. The smallest absolute Gasteiger partial charge is 0.255 e. The van der Waals surface area contributed by atoms with Gasteiger partial charge in [-0.1, -0.05) is 0 Å². The van der Waals surface area contributed by atoms with Crippen LogP contribution in [0.1, 0.15) is 41.8 Å². The van der Waals surface area contributed by atoms with Gasteiger partial charge in [0.25, 0.3) is 5.91 Å². The second-order valence-corrected chi connectivity index (χ2v) is 9.11. The first kappa shape index (κ1) is 21.0. The number of ether oxygens (including phenoxy) is 2. The van der Waals surface area contributed by atoms with Gasteiger partial charge in [-0.05, 0) is 62.9 Å². The van der Waals surface area contributed by atoms with Crippen LogP contribution in [0.4, 0.5) is 0 Å². The van der Waals surface area contributed by atoms with Gasteiger partial charge >= 0.3 is 0 Å². The van der Waals surface area contributed by atoms with Gasteiger partial charge in [0, 0.05) is 47.7 Å². The van der Waals surface area contributed by atoms with Crippen LogP contribution in [0.3, 0.4) is 0 Å². The molecule has 0 saturated heterocycles. The van der Waals surface area contributed by atoms with Crippen molar-refractivity contribution in [3.8, 4) is 17.2 Å². The summed E-state index contributed by atoms with van der Waals surface area (Å²) in [5.74, 6) is 2.66. The third kappa shape index (κ3) is 4.43. The first-order valence-corrected chi connectivity index (χ1v) is 11.9. The SMILES string of the molecule is Cc1oc2cc(Oc3ccnc4cc(OCCNC5CC5)ccc34)ccc2c1C(=O)NC1CC1. The highest BCUT2D eigenvalue weighted by Crippen LogP contribution is 2.34. The highest BCUT2D eigenvalue weighted by atomic mass is 16.5. The van der Waals surface area contributed by atoms with Gasteiger partial charge in [0.15, 0.2) is 0 Å². The number of benzene rings is 2. The van der Waals surface area contributed by atoms with Crippen molar-refractivity contribution < 1.29 is 18.7 Å². The van der Waals surface area contributed by atoms with Crippen molar-refractivity contribution in [3.63, 3.8) is 0 Å². The lowest BCUT2D eigenvalue weighted by Gasteiger charge is -2.11. The maximum absolute atomic E-state index is 12.6. The lowest BCUT2D eigenvalue weighted by atomic mass is 10.1. The molecule has 7 heteroatoms. The maximum Gasteiger partial charge on any atom is 0.255 e. The van der Waals surface area contributed by atoms with Crippen LogP contribution < -0.4 is 20.1 Å². The second-order valence-electron chi connectivity index (χ2n) is 9.11. The number of rotatable bonds is 9. The number of nitrogens with zero attached hydrogens (tertiary/aromatic N) is 1. The number of fused-ring (bicyclic) bond motifs is 2. The van der Waals surface area contributed by atoms with Crippen molar-refractivity contribution in [1.29, 1.82) is 0 Å². The van der Waals surface area contributed by atoms with Crippen molar-refractivity contribution in [2.45, 2.75) is 44.7 Å². The second kappa shape index (κ2) is 8.65. The average Bonchev–Trinajstić information content (AvgIpc) is 3.76. The molecule has 1 amide bonds. The van der Waals surface area contributed by atoms with E-state index in [1.165, 1.54) is 12.8 Å². The first-order chi connectivity index (χ1) is 16.6. The fourth-order valence-electron chi connectivity index (χ4n) is 4.16. The molecule has 0 bridgehead atoms. The Hall–Kier alpha value is -3.58. The van der Waals surface area contributed by atoms with Crippen LogP contribution in [0.15, 0.2) is 53.1 Å². The lowest BCUT2D eigenvalue weighted by molar-refractivity contribution is 0.0951. The fourth-order valence-corrected chi connectivity index (χ4v) is 4.16. The number of nitrogens with one attached hydrogen (secondary N) is 2. The van der Waals surface area contributed by atoms with Crippen LogP contribution in [0.2, 0.25) is 0 Å². The highest BCUT2D eigenvalue weighted by Gasteiger charge is 2.27. The van der Waals surface area contributed by atoms with E-state index >= 15 is 0 Å². The molecule has 6 rings (SSSR count). The molecule has 4 aromatic rings. The molecule has 34 heavy (non-hydrogen) atoms. The molecule has 174 valence electrons. The number of amides is 1. The largest absolute Gasteiger partial charge is 0.492 e. The summed E-state index contributed by atoms with van der Waals surface area (Å²) in [6, 6.07) is 14.2. The molecule has 0 aliphatic heterocycles. The summed E-state index contributed by atoms with van der Waals surface area (Å²) >= 11 is 0. The Balaban J connectivity index is 1.20. The van der Waals surface area contributed by atoms with E-state index in [1.807, 2.05) is 49.4 Å². The number of furan rings is 1. The van der Waals surface area contributed by atoms with Crippen LogP contribution in [0, 0.1) is 6.92 Å². The average molecular weight is 458 g/mol. The summed E-state index contributed by atoms with van der Waals surface area (Å²) in [6.45, 7) is 3.29. The number of hydrogen-bond acceptors (Lipinski definition) is 6. The molecule has 2 fully saturated rings. The molecule has 0 atom stereocenters. The molecule has 7 nitrogen and oxygen atoms in total. The molecule has 2 aromatic heterocycles. The number of aryl methyl sites for hydroxylation is 1. The fraction of sp³-hybridized carbons (Fsp3) is 0.333. The quantitative estimate of drug-likeness (QED) is 0.340. The van der Waals surface area contributed by atoms with Gasteiger partial charge in [-0.3, -0.25) is 9.78 Å². The third-order valence-electron chi connectivity index (χ3n) is 6.26. The predicted molar refractivity (Wildman–Crippen MR) is 130 cm³/mol. The zero-order valence-electron chi connectivity index (χ0n) is 19.1. The number of hydrogen-bond donors (Lipinski definition) is 2. The molecule has 2 aliphatic rings. The third-order valence-corrected chi connectivity index (χ3v) is 6.26. The van der Waals surface area contributed by atoms with Crippen LogP contribution in [-0.2, 0) is 0 Å². The number of carbonyl (C=O) groups is 1. The number of carbonyl (C=O) groups excluding carboxylic acids is 1. The monoisotopic (exact) mass is 457 g/mol.